The van der Waals surface area contributed by atoms with Crippen molar-refractivity contribution >= 4 is 36.5 Å². The lowest BCUT2D eigenvalue weighted by atomic mass is 9.62. The fourth-order valence-corrected chi connectivity index (χ4v) is 5.91. The minimum Gasteiger partial charge on any atom is -0.328 e. The minimum absolute atomic E-state index is 0.240. The Balaban J connectivity index is 2.20. The standard InChI is InChI=1S/C14H22IN4P/c1-7-11(15)5-3-9-8-2-4-10(8)14(18,19)13(17,6-16)20-12(7)9/h3,5,8,10,20H,2,4,6,16-19H2,1H3. The minimum atomic E-state index is -0.889. The topological polar surface area (TPSA) is 104 Å². The van der Waals surface area contributed by atoms with Gasteiger partial charge in [0.1, 0.15) is 0 Å². The molecule has 1 aromatic carbocycles. The van der Waals surface area contributed by atoms with Crippen molar-refractivity contribution in [1.82, 2.24) is 0 Å². The SMILES string of the molecule is Cc1c(I)ccc2c1PC(N)(CN)C(N)(N)C1CCC21. The average molecular weight is 404 g/mol. The van der Waals surface area contributed by atoms with E-state index in [1.54, 1.807) is 0 Å². The zero-order valence-electron chi connectivity index (χ0n) is 11.6. The van der Waals surface area contributed by atoms with E-state index in [4.69, 9.17) is 22.9 Å². The lowest BCUT2D eigenvalue weighted by Crippen LogP contribution is -2.76. The molecule has 0 amide bonds. The molecule has 0 saturated heterocycles. The van der Waals surface area contributed by atoms with Crippen LogP contribution in [0.4, 0.5) is 0 Å². The van der Waals surface area contributed by atoms with Crippen molar-refractivity contribution in [3.05, 3.63) is 26.8 Å². The molecule has 0 aromatic heterocycles. The summed E-state index contributed by atoms with van der Waals surface area (Å²) in [5.41, 5.74) is 27.4. The van der Waals surface area contributed by atoms with Gasteiger partial charge in [-0.2, -0.15) is 0 Å². The van der Waals surface area contributed by atoms with Crippen molar-refractivity contribution in [2.24, 2.45) is 28.9 Å². The van der Waals surface area contributed by atoms with Crippen LogP contribution in [0.5, 0.6) is 0 Å². The van der Waals surface area contributed by atoms with Crippen molar-refractivity contribution in [2.75, 3.05) is 6.54 Å². The molecule has 0 bridgehead atoms. The first-order chi connectivity index (χ1) is 9.32. The number of hydrogen-bond acceptors (Lipinski definition) is 4. The van der Waals surface area contributed by atoms with Crippen molar-refractivity contribution in [2.45, 2.75) is 36.6 Å². The smallest absolute Gasteiger partial charge is 0.0910 e. The molecule has 110 valence electrons. The van der Waals surface area contributed by atoms with Crippen molar-refractivity contribution in [1.29, 1.82) is 0 Å². The third-order valence-corrected chi connectivity index (χ3v) is 8.33. The Bertz CT molecular complexity index is 562. The van der Waals surface area contributed by atoms with Crippen LogP contribution in [-0.4, -0.2) is 17.5 Å². The Morgan fingerprint density at radius 2 is 2.00 bits per heavy atom. The maximum absolute atomic E-state index is 6.59. The van der Waals surface area contributed by atoms with Gasteiger partial charge in [-0.3, -0.25) is 0 Å². The van der Waals surface area contributed by atoms with Crippen molar-refractivity contribution < 1.29 is 0 Å². The molecule has 4 atom stereocenters. The summed E-state index contributed by atoms with van der Waals surface area (Å²) in [7, 11) is 0.366. The zero-order valence-corrected chi connectivity index (χ0v) is 14.8. The predicted molar refractivity (Wildman–Crippen MR) is 94.4 cm³/mol. The summed E-state index contributed by atoms with van der Waals surface area (Å²) in [6.07, 6.45) is 2.20. The average Bonchev–Trinajstić information content (AvgIpc) is 2.39. The van der Waals surface area contributed by atoms with Crippen LogP contribution in [0.15, 0.2) is 12.1 Å². The van der Waals surface area contributed by atoms with Gasteiger partial charge in [0.2, 0.25) is 0 Å². The van der Waals surface area contributed by atoms with Gasteiger partial charge in [0.15, 0.2) is 0 Å². The Morgan fingerprint density at radius 1 is 1.30 bits per heavy atom. The highest BCUT2D eigenvalue weighted by Gasteiger charge is 2.56. The van der Waals surface area contributed by atoms with E-state index in [-0.39, 0.29) is 5.92 Å². The van der Waals surface area contributed by atoms with Crippen LogP contribution in [0.1, 0.15) is 29.9 Å². The number of fused-ring (bicyclic) bond motifs is 3. The summed E-state index contributed by atoms with van der Waals surface area (Å²) in [6.45, 7) is 2.49. The first-order valence-electron chi connectivity index (χ1n) is 6.95. The van der Waals surface area contributed by atoms with E-state index >= 15 is 0 Å². The van der Waals surface area contributed by atoms with Gasteiger partial charge in [0.25, 0.3) is 0 Å². The second kappa shape index (κ2) is 4.86. The van der Waals surface area contributed by atoms with E-state index in [2.05, 4.69) is 41.6 Å². The summed E-state index contributed by atoms with van der Waals surface area (Å²) in [6, 6.07) is 4.43. The fraction of sp³-hybridized carbons (Fsp3) is 0.571. The van der Waals surface area contributed by atoms with E-state index in [0.29, 0.717) is 21.0 Å². The van der Waals surface area contributed by atoms with E-state index in [9.17, 15) is 0 Å². The van der Waals surface area contributed by atoms with Crippen LogP contribution in [0, 0.1) is 16.4 Å². The molecule has 4 unspecified atom stereocenters. The molecular formula is C14H22IN4P. The highest BCUT2D eigenvalue weighted by atomic mass is 127. The van der Waals surface area contributed by atoms with Gasteiger partial charge >= 0.3 is 0 Å². The molecule has 6 heteroatoms. The Labute approximate surface area is 135 Å². The zero-order chi connectivity index (χ0) is 14.7. The van der Waals surface area contributed by atoms with E-state index in [0.717, 1.165) is 12.8 Å². The van der Waals surface area contributed by atoms with Crippen LogP contribution < -0.4 is 28.2 Å². The maximum Gasteiger partial charge on any atom is 0.0910 e. The molecule has 1 aliphatic carbocycles. The first kappa shape index (κ1) is 15.1. The number of rotatable bonds is 1. The molecule has 1 aromatic rings. The van der Waals surface area contributed by atoms with E-state index in [1.807, 2.05) is 0 Å². The van der Waals surface area contributed by atoms with Gasteiger partial charge in [-0.15, -0.1) is 0 Å². The number of benzene rings is 1. The Morgan fingerprint density at radius 3 is 2.55 bits per heavy atom. The second-order valence-corrected chi connectivity index (χ2v) is 8.96. The molecule has 1 fully saturated rings. The fourth-order valence-electron chi connectivity index (χ4n) is 3.52. The Kier molecular flexibility index (Phi) is 3.68. The first-order valence-corrected chi connectivity index (χ1v) is 9.03. The van der Waals surface area contributed by atoms with Gasteiger partial charge in [-0.25, -0.2) is 0 Å². The molecular weight excluding hydrogens is 382 g/mol. The van der Waals surface area contributed by atoms with Crippen LogP contribution in [0.25, 0.3) is 0 Å². The Hall–Kier alpha value is 0.220. The van der Waals surface area contributed by atoms with Crippen LogP contribution in [0.3, 0.4) is 0 Å². The summed E-state index contributed by atoms with van der Waals surface area (Å²) < 4.78 is 1.27. The van der Waals surface area contributed by atoms with Gasteiger partial charge in [-0.05, 0) is 76.7 Å². The molecule has 8 N–H and O–H groups in total. The van der Waals surface area contributed by atoms with E-state index in [1.165, 1.54) is 20.0 Å². The summed E-state index contributed by atoms with van der Waals surface area (Å²) >= 11 is 2.38. The number of halogens is 1. The molecule has 0 radical (unpaired) electrons. The second-order valence-electron chi connectivity index (χ2n) is 6.16. The van der Waals surface area contributed by atoms with Gasteiger partial charge in [0, 0.05) is 10.1 Å². The molecule has 1 heterocycles. The molecule has 1 aliphatic heterocycles. The molecule has 2 aliphatic rings. The quantitative estimate of drug-likeness (QED) is 0.313. The van der Waals surface area contributed by atoms with Crippen LogP contribution in [0.2, 0.25) is 0 Å². The molecule has 1 saturated carbocycles. The molecule has 0 spiro atoms. The summed E-state index contributed by atoms with van der Waals surface area (Å²) in [4.78, 5) is 0. The largest absolute Gasteiger partial charge is 0.328 e. The number of nitrogens with two attached hydrogens (primary N) is 4. The third kappa shape index (κ3) is 1.91. The lowest BCUT2D eigenvalue weighted by molar-refractivity contribution is 0.104. The van der Waals surface area contributed by atoms with Gasteiger partial charge in [0.05, 0.1) is 10.9 Å². The number of hydrogen-bond donors (Lipinski definition) is 4. The van der Waals surface area contributed by atoms with Crippen molar-refractivity contribution in [3.63, 3.8) is 0 Å². The normalized spacial score (nSPS) is 35.9. The predicted octanol–water partition coefficient (Wildman–Crippen LogP) is 0.638. The van der Waals surface area contributed by atoms with E-state index < -0.39 is 10.9 Å². The molecule has 20 heavy (non-hydrogen) atoms. The monoisotopic (exact) mass is 404 g/mol. The van der Waals surface area contributed by atoms with Gasteiger partial charge < -0.3 is 22.9 Å². The maximum atomic E-state index is 6.59. The molecule has 3 rings (SSSR count). The summed E-state index contributed by atoms with van der Waals surface area (Å²) in [5.74, 6) is 0.685. The van der Waals surface area contributed by atoms with Gasteiger partial charge in [-0.1, -0.05) is 14.6 Å². The van der Waals surface area contributed by atoms with Crippen LogP contribution >= 0.6 is 31.2 Å². The third-order valence-electron chi connectivity index (χ3n) is 5.16. The highest BCUT2D eigenvalue weighted by molar-refractivity contribution is 14.1. The van der Waals surface area contributed by atoms with Crippen LogP contribution in [-0.2, 0) is 0 Å². The highest BCUT2D eigenvalue weighted by Crippen LogP contribution is 2.54. The summed E-state index contributed by atoms with van der Waals surface area (Å²) in [5, 5.41) is 0.633. The lowest BCUT2D eigenvalue weighted by Gasteiger charge is -2.51. The molecule has 4 nitrogen and oxygen atoms in total. The van der Waals surface area contributed by atoms with Crippen molar-refractivity contribution in [3.8, 4) is 0 Å².